The molecule has 2 aliphatic heterocycles. The van der Waals surface area contributed by atoms with E-state index in [4.69, 9.17) is 25.8 Å². The lowest BCUT2D eigenvalue weighted by molar-refractivity contribution is 0.216. The molecule has 2 atom stereocenters. The van der Waals surface area contributed by atoms with Crippen LogP contribution in [0.4, 0.5) is 5.95 Å². The summed E-state index contributed by atoms with van der Waals surface area (Å²) in [6, 6.07) is 21.4. The number of methoxy groups -OCH3 is 2. The number of anilines is 1. The highest BCUT2D eigenvalue weighted by Crippen LogP contribution is 2.53. The molecule has 2 aliphatic rings. The van der Waals surface area contributed by atoms with Crippen LogP contribution in [0.1, 0.15) is 28.8 Å². The number of benzene rings is 3. The van der Waals surface area contributed by atoms with E-state index in [-0.39, 0.29) is 6.04 Å². The highest BCUT2D eigenvalue weighted by Gasteiger charge is 2.42. The molecule has 0 aliphatic carbocycles. The Balaban J connectivity index is 1.66. The van der Waals surface area contributed by atoms with E-state index in [0.717, 1.165) is 28.0 Å². The Morgan fingerprint density at radius 3 is 2.65 bits per heavy atom. The number of aromatic nitrogens is 3. The maximum atomic E-state index is 6.67. The normalized spacial score (nSPS) is 18.2. The van der Waals surface area contributed by atoms with E-state index in [2.05, 4.69) is 27.5 Å². The predicted molar refractivity (Wildman–Crippen MR) is 130 cm³/mol. The zero-order chi connectivity index (χ0) is 23.2. The molecule has 0 fully saturated rings. The zero-order valence-electron chi connectivity index (χ0n) is 18.5. The monoisotopic (exact) mass is 472 g/mol. The lowest BCUT2D eigenvalue weighted by atomic mass is 9.84. The van der Waals surface area contributed by atoms with Crippen LogP contribution in [-0.4, -0.2) is 29.0 Å². The van der Waals surface area contributed by atoms with E-state index < -0.39 is 6.10 Å². The van der Waals surface area contributed by atoms with Crippen molar-refractivity contribution in [1.82, 2.24) is 14.8 Å². The Morgan fingerprint density at radius 1 is 1.00 bits per heavy atom. The van der Waals surface area contributed by atoms with E-state index in [1.54, 1.807) is 20.5 Å². The van der Waals surface area contributed by atoms with Gasteiger partial charge in [0.1, 0.15) is 18.1 Å². The van der Waals surface area contributed by atoms with Gasteiger partial charge in [0.15, 0.2) is 17.6 Å². The summed E-state index contributed by atoms with van der Waals surface area (Å²) in [7, 11) is 3.26. The predicted octanol–water partition coefficient (Wildman–Crippen LogP) is 5.51. The second-order valence-corrected chi connectivity index (χ2v) is 8.45. The quantitative estimate of drug-likeness (QED) is 0.422. The van der Waals surface area contributed by atoms with Crippen LogP contribution in [0.15, 0.2) is 78.6 Å². The van der Waals surface area contributed by atoms with Gasteiger partial charge in [-0.05, 0) is 29.8 Å². The maximum absolute atomic E-state index is 6.67. The summed E-state index contributed by atoms with van der Waals surface area (Å²) in [5.74, 6) is 2.62. The highest BCUT2D eigenvalue weighted by molar-refractivity contribution is 6.30. The number of nitrogens with zero attached hydrogens (tertiary/aromatic N) is 3. The number of fused-ring (bicyclic) bond motifs is 3. The number of hydrogen-bond acceptors (Lipinski definition) is 6. The molecule has 0 bridgehead atoms. The summed E-state index contributed by atoms with van der Waals surface area (Å²) >= 11 is 6.41. The molecule has 8 heteroatoms. The Bertz CT molecular complexity index is 1420. The van der Waals surface area contributed by atoms with Crippen LogP contribution in [0.5, 0.6) is 17.2 Å². The molecule has 3 heterocycles. The molecule has 0 amide bonds. The van der Waals surface area contributed by atoms with Crippen LogP contribution < -0.4 is 19.5 Å². The number of ether oxygens (including phenoxy) is 3. The fourth-order valence-electron chi connectivity index (χ4n) is 4.77. The lowest BCUT2D eigenvalue weighted by Gasteiger charge is -2.39. The van der Waals surface area contributed by atoms with Gasteiger partial charge < -0.3 is 19.5 Å². The largest absolute Gasteiger partial charge is 0.493 e. The minimum Gasteiger partial charge on any atom is -0.493 e. The number of rotatable bonds is 4. The summed E-state index contributed by atoms with van der Waals surface area (Å²) < 4.78 is 19.9. The van der Waals surface area contributed by atoms with E-state index in [1.165, 1.54) is 0 Å². The van der Waals surface area contributed by atoms with Gasteiger partial charge in [-0.3, -0.25) is 0 Å². The van der Waals surface area contributed by atoms with Crippen molar-refractivity contribution >= 4 is 23.2 Å². The van der Waals surface area contributed by atoms with Crippen molar-refractivity contribution in [2.24, 2.45) is 0 Å². The van der Waals surface area contributed by atoms with Crippen LogP contribution in [-0.2, 0) is 0 Å². The van der Waals surface area contributed by atoms with Gasteiger partial charge in [-0.2, -0.15) is 10.1 Å². The summed E-state index contributed by atoms with van der Waals surface area (Å²) in [4.78, 5) is 4.47. The standard InChI is InChI=1S/C26H21ClN4O3/c1-32-20-10-6-9-17(24(20)33-2)25-21-22(18-13-16(27)11-12-19(18)34-25)30-26-28-14-29-31(26)23(21)15-7-4-3-5-8-15/h3-14,23,25H,1-2H3,(H,28,29,30)/t23-,25+/m1/s1. The van der Waals surface area contributed by atoms with Crippen molar-refractivity contribution in [2.75, 3.05) is 19.5 Å². The summed E-state index contributed by atoms with van der Waals surface area (Å²) in [5, 5.41) is 8.66. The van der Waals surface area contributed by atoms with Crippen LogP contribution in [0.2, 0.25) is 5.02 Å². The summed E-state index contributed by atoms with van der Waals surface area (Å²) in [6.45, 7) is 0. The topological polar surface area (TPSA) is 70.4 Å². The van der Waals surface area contributed by atoms with Gasteiger partial charge in [-0.25, -0.2) is 4.68 Å². The third-order valence-corrected chi connectivity index (χ3v) is 6.44. The molecule has 3 aromatic carbocycles. The summed E-state index contributed by atoms with van der Waals surface area (Å²) in [6.07, 6.45) is 1.07. The van der Waals surface area contributed by atoms with Gasteiger partial charge in [0.05, 0.1) is 19.9 Å². The molecule has 34 heavy (non-hydrogen) atoms. The van der Waals surface area contributed by atoms with Crippen LogP contribution in [0.3, 0.4) is 0 Å². The molecule has 0 spiro atoms. The van der Waals surface area contributed by atoms with Crippen molar-refractivity contribution in [1.29, 1.82) is 0 Å². The van der Waals surface area contributed by atoms with Gasteiger partial charge in [0.25, 0.3) is 0 Å². The maximum Gasteiger partial charge on any atom is 0.226 e. The second-order valence-electron chi connectivity index (χ2n) is 8.02. The fraction of sp³-hybridized carbons (Fsp3) is 0.154. The number of hydrogen-bond donors (Lipinski definition) is 1. The Labute approximate surface area is 201 Å². The van der Waals surface area contributed by atoms with Crippen LogP contribution >= 0.6 is 11.6 Å². The van der Waals surface area contributed by atoms with Gasteiger partial charge in [0, 0.05) is 21.7 Å². The second kappa shape index (κ2) is 8.11. The van der Waals surface area contributed by atoms with E-state index in [0.29, 0.717) is 28.2 Å². The fourth-order valence-corrected chi connectivity index (χ4v) is 4.95. The zero-order valence-corrected chi connectivity index (χ0v) is 19.3. The van der Waals surface area contributed by atoms with Crippen molar-refractivity contribution < 1.29 is 14.2 Å². The third-order valence-electron chi connectivity index (χ3n) is 6.21. The molecule has 6 rings (SSSR count). The average Bonchev–Trinajstić information content (AvgIpc) is 3.35. The van der Waals surface area contributed by atoms with E-state index >= 15 is 0 Å². The number of para-hydroxylation sites is 1. The Hall–Kier alpha value is -3.97. The molecule has 170 valence electrons. The van der Waals surface area contributed by atoms with Gasteiger partial charge >= 0.3 is 0 Å². The smallest absolute Gasteiger partial charge is 0.226 e. The van der Waals surface area contributed by atoms with Crippen LogP contribution in [0, 0.1) is 0 Å². The first-order valence-electron chi connectivity index (χ1n) is 10.8. The minimum absolute atomic E-state index is 0.261. The molecule has 1 aromatic heterocycles. The molecular weight excluding hydrogens is 452 g/mol. The molecule has 1 N–H and O–H groups in total. The molecule has 4 aromatic rings. The molecule has 0 saturated carbocycles. The molecule has 7 nitrogen and oxygen atoms in total. The number of halogens is 1. The highest BCUT2D eigenvalue weighted by atomic mass is 35.5. The first kappa shape index (κ1) is 20.6. The average molecular weight is 473 g/mol. The Morgan fingerprint density at radius 2 is 1.85 bits per heavy atom. The van der Waals surface area contributed by atoms with Gasteiger partial charge in [-0.1, -0.05) is 54.1 Å². The van der Waals surface area contributed by atoms with Gasteiger partial charge in [-0.15, -0.1) is 0 Å². The Kier molecular flexibility index (Phi) is 4.92. The van der Waals surface area contributed by atoms with E-state index in [1.807, 2.05) is 59.3 Å². The first-order chi connectivity index (χ1) is 16.7. The molecule has 0 radical (unpaired) electrons. The van der Waals surface area contributed by atoms with Crippen molar-refractivity contribution in [3.8, 4) is 17.2 Å². The van der Waals surface area contributed by atoms with Crippen molar-refractivity contribution in [3.05, 3.63) is 100 Å². The first-order valence-corrected chi connectivity index (χ1v) is 11.2. The minimum atomic E-state index is -0.483. The van der Waals surface area contributed by atoms with Crippen LogP contribution in [0.25, 0.3) is 5.70 Å². The summed E-state index contributed by atoms with van der Waals surface area (Å²) in [5.41, 5.74) is 4.65. The van der Waals surface area contributed by atoms with Gasteiger partial charge in [0.2, 0.25) is 5.95 Å². The molecule has 0 unspecified atom stereocenters. The van der Waals surface area contributed by atoms with Crippen molar-refractivity contribution in [2.45, 2.75) is 12.1 Å². The third kappa shape index (κ3) is 3.12. The lowest BCUT2D eigenvalue weighted by Crippen LogP contribution is -2.32. The number of nitrogens with one attached hydrogen (secondary N) is 1. The molecule has 0 saturated heterocycles. The van der Waals surface area contributed by atoms with E-state index in [9.17, 15) is 0 Å². The molecular formula is C26H21ClN4O3. The SMILES string of the molecule is COc1cccc([C@@H]2Oc3ccc(Cl)cc3C3=C2[C@@H](c2ccccc2)n2ncnc2N3)c1OC. The van der Waals surface area contributed by atoms with Crippen molar-refractivity contribution in [3.63, 3.8) is 0 Å².